The Balaban J connectivity index is 2.14. The van der Waals surface area contributed by atoms with Crippen molar-refractivity contribution in [3.8, 4) is 11.5 Å². The zero-order valence-electron chi connectivity index (χ0n) is 12.9. The second kappa shape index (κ2) is 7.92. The highest BCUT2D eigenvalue weighted by Crippen LogP contribution is 2.28. The van der Waals surface area contributed by atoms with E-state index < -0.39 is 12.6 Å². The summed E-state index contributed by atoms with van der Waals surface area (Å²) in [5.74, 6) is -1.24. The van der Waals surface area contributed by atoms with Crippen molar-refractivity contribution >= 4 is 17.8 Å². The average Bonchev–Trinajstić information content (AvgIpc) is 2.59. The van der Waals surface area contributed by atoms with Crippen molar-refractivity contribution < 1.29 is 28.6 Å². The van der Waals surface area contributed by atoms with Gasteiger partial charge in [0.15, 0.2) is 23.9 Å². The number of hydrogen-bond donors (Lipinski definition) is 1. The highest BCUT2D eigenvalue weighted by molar-refractivity contribution is 6.07. The van der Waals surface area contributed by atoms with Gasteiger partial charge in [0.25, 0.3) is 0 Å². The molecule has 0 amide bonds. The third-order valence-corrected chi connectivity index (χ3v) is 3.10. The van der Waals surface area contributed by atoms with Gasteiger partial charge in [-0.2, -0.15) is 0 Å². The molecular weight excluding hydrogens is 315 g/mol. The molecule has 0 saturated carbocycles. The Morgan fingerprint density at radius 1 is 1.12 bits per heavy atom. The van der Waals surface area contributed by atoms with Crippen LogP contribution < -0.4 is 9.47 Å². The molecule has 0 radical (unpaired) electrons. The minimum Gasteiger partial charge on any atom is -0.493 e. The molecule has 0 spiro atoms. The van der Waals surface area contributed by atoms with Crippen molar-refractivity contribution in [2.24, 2.45) is 0 Å². The van der Waals surface area contributed by atoms with Crippen LogP contribution in [0, 0.1) is 5.82 Å². The maximum Gasteiger partial charge on any atom is 0.341 e. The van der Waals surface area contributed by atoms with E-state index >= 15 is 0 Å². The number of ketones is 1. The fourth-order valence-electron chi connectivity index (χ4n) is 1.92. The molecule has 0 unspecified atom stereocenters. The van der Waals surface area contributed by atoms with Gasteiger partial charge in [0.2, 0.25) is 0 Å². The maximum absolute atomic E-state index is 12.8. The van der Waals surface area contributed by atoms with E-state index in [1.807, 2.05) is 0 Å². The predicted octanol–water partition coefficient (Wildman–Crippen LogP) is 3.19. The molecule has 0 atom stereocenters. The van der Waals surface area contributed by atoms with Crippen molar-refractivity contribution in [3.63, 3.8) is 0 Å². The number of ether oxygens (including phenoxy) is 2. The van der Waals surface area contributed by atoms with Gasteiger partial charge >= 0.3 is 5.97 Å². The van der Waals surface area contributed by atoms with Gasteiger partial charge in [0, 0.05) is 5.56 Å². The van der Waals surface area contributed by atoms with Gasteiger partial charge in [-0.25, -0.2) is 9.18 Å². The number of aliphatic carboxylic acids is 1. The maximum atomic E-state index is 12.8. The lowest BCUT2D eigenvalue weighted by atomic mass is 10.1. The fraction of sp³-hybridized carbons (Fsp3) is 0.111. The lowest BCUT2D eigenvalue weighted by molar-refractivity contribution is -0.139. The summed E-state index contributed by atoms with van der Waals surface area (Å²) in [4.78, 5) is 22.7. The van der Waals surface area contributed by atoms with Gasteiger partial charge in [-0.1, -0.05) is 18.2 Å². The number of carbonyl (C=O) groups is 2. The van der Waals surface area contributed by atoms with Crippen LogP contribution in [0.5, 0.6) is 11.5 Å². The van der Waals surface area contributed by atoms with E-state index in [9.17, 15) is 14.0 Å². The largest absolute Gasteiger partial charge is 0.493 e. The van der Waals surface area contributed by atoms with E-state index in [0.717, 1.165) is 0 Å². The summed E-state index contributed by atoms with van der Waals surface area (Å²) in [5, 5.41) is 8.62. The molecule has 2 rings (SSSR count). The molecule has 2 aromatic rings. The fourth-order valence-corrected chi connectivity index (χ4v) is 1.92. The topological polar surface area (TPSA) is 72.8 Å². The minimum absolute atomic E-state index is 0.235. The number of allylic oxidation sites excluding steroid dienone is 1. The van der Waals surface area contributed by atoms with Gasteiger partial charge < -0.3 is 14.6 Å². The summed E-state index contributed by atoms with van der Waals surface area (Å²) in [6.07, 6.45) is 2.93. The Labute approximate surface area is 137 Å². The molecule has 0 aliphatic heterocycles. The van der Waals surface area contributed by atoms with Crippen molar-refractivity contribution in [2.75, 3.05) is 13.7 Å². The van der Waals surface area contributed by atoms with E-state index in [1.54, 1.807) is 18.2 Å². The van der Waals surface area contributed by atoms with E-state index in [0.29, 0.717) is 11.1 Å². The van der Waals surface area contributed by atoms with Crippen LogP contribution in [-0.4, -0.2) is 30.6 Å². The van der Waals surface area contributed by atoms with Gasteiger partial charge in [0.1, 0.15) is 5.82 Å². The molecule has 124 valence electrons. The van der Waals surface area contributed by atoms with Crippen LogP contribution in [-0.2, 0) is 4.79 Å². The van der Waals surface area contributed by atoms with Crippen molar-refractivity contribution in [1.29, 1.82) is 0 Å². The van der Waals surface area contributed by atoms with E-state index in [2.05, 4.69) is 0 Å². The second-order valence-electron chi connectivity index (χ2n) is 4.80. The molecule has 0 aromatic heterocycles. The number of methoxy groups -OCH3 is 1. The standard InChI is InChI=1S/C18H15FO5/c1-23-17-10-13(5-9-16(17)24-11-18(21)22)15(20)8-4-12-2-6-14(19)7-3-12/h2-10H,11H2,1H3,(H,21,22)/b8-4+. The Morgan fingerprint density at radius 3 is 2.46 bits per heavy atom. The number of carboxylic acid groups (broad SMARTS) is 1. The summed E-state index contributed by atoms with van der Waals surface area (Å²) in [6.45, 7) is -0.506. The molecule has 6 heteroatoms. The van der Waals surface area contributed by atoms with Crippen molar-refractivity contribution in [3.05, 3.63) is 65.5 Å². The summed E-state index contributed by atoms with van der Waals surface area (Å²) in [7, 11) is 1.39. The Hall–Kier alpha value is -3.15. The van der Waals surface area contributed by atoms with Crippen LogP contribution in [0.25, 0.3) is 6.08 Å². The van der Waals surface area contributed by atoms with Crippen LogP contribution in [0.2, 0.25) is 0 Å². The summed E-state index contributed by atoms with van der Waals surface area (Å²) < 4.78 is 23.0. The van der Waals surface area contributed by atoms with Crippen LogP contribution >= 0.6 is 0 Å². The first-order valence-electron chi connectivity index (χ1n) is 7.00. The first kappa shape index (κ1) is 17.2. The van der Waals surface area contributed by atoms with Gasteiger partial charge in [0.05, 0.1) is 7.11 Å². The van der Waals surface area contributed by atoms with Gasteiger partial charge in [-0.3, -0.25) is 4.79 Å². The lowest BCUT2D eigenvalue weighted by Crippen LogP contribution is -2.10. The van der Waals surface area contributed by atoms with E-state index in [4.69, 9.17) is 14.6 Å². The van der Waals surface area contributed by atoms with Crippen molar-refractivity contribution in [2.45, 2.75) is 0 Å². The van der Waals surface area contributed by atoms with Crippen LogP contribution in [0.3, 0.4) is 0 Å². The summed E-state index contributed by atoms with van der Waals surface area (Å²) in [6, 6.07) is 10.2. The first-order valence-corrected chi connectivity index (χ1v) is 7.00. The molecule has 5 nitrogen and oxygen atoms in total. The molecule has 0 saturated heterocycles. The van der Waals surface area contributed by atoms with Crippen LogP contribution in [0.4, 0.5) is 4.39 Å². The molecule has 2 aromatic carbocycles. The third-order valence-electron chi connectivity index (χ3n) is 3.10. The number of carbonyl (C=O) groups excluding carboxylic acids is 1. The monoisotopic (exact) mass is 330 g/mol. The Bertz CT molecular complexity index is 765. The number of rotatable bonds is 7. The number of hydrogen-bond acceptors (Lipinski definition) is 4. The molecule has 0 heterocycles. The highest BCUT2D eigenvalue weighted by atomic mass is 19.1. The number of carboxylic acids is 1. The average molecular weight is 330 g/mol. The van der Waals surface area contributed by atoms with Crippen LogP contribution in [0.15, 0.2) is 48.5 Å². The zero-order chi connectivity index (χ0) is 17.5. The first-order chi connectivity index (χ1) is 11.5. The normalized spacial score (nSPS) is 10.6. The molecular formula is C18H15FO5. The van der Waals surface area contributed by atoms with E-state index in [-0.39, 0.29) is 23.1 Å². The third kappa shape index (κ3) is 4.67. The smallest absolute Gasteiger partial charge is 0.341 e. The molecule has 0 aliphatic rings. The second-order valence-corrected chi connectivity index (χ2v) is 4.80. The molecule has 24 heavy (non-hydrogen) atoms. The molecule has 0 fully saturated rings. The molecule has 1 N–H and O–H groups in total. The van der Waals surface area contributed by atoms with Crippen LogP contribution in [0.1, 0.15) is 15.9 Å². The summed E-state index contributed by atoms with van der Waals surface area (Å²) in [5.41, 5.74) is 1.05. The Morgan fingerprint density at radius 2 is 1.83 bits per heavy atom. The predicted molar refractivity (Wildman–Crippen MR) is 85.9 cm³/mol. The highest BCUT2D eigenvalue weighted by Gasteiger charge is 2.10. The number of halogens is 1. The zero-order valence-corrected chi connectivity index (χ0v) is 12.9. The number of benzene rings is 2. The summed E-state index contributed by atoms with van der Waals surface area (Å²) >= 11 is 0. The van der Waals surface area contributed by atoms with Gasteiger partial charge in [-0.05, 0) is 42.0 Å². The quantitative estimate of drug-likeness (QED) is 0.623. The Kier molecular flexibility index (Phi) is 5.68. The molecule has 0 aliphatic carbocycles. The SMILES string of the molecule is COc1cc(C(=O)/C=C/c2ccc(F)cc2)ccc1OCC(=O)O. The lowest BCUT2D eigenvalue weighted by Gasteiger charge is -2.09. The van der Waals surface area contributed by atoms with E-state index in [1.165, 1.54) is 43.5 Å². The molecule has 0 bridgehead atoms. The van der Waals surface area contributed by atoms with Crippen molar-refractivity contribution in [1.82, 2.24) is 0 Å². The van der Waals surface area contributed by atoms with Gasteiger partial charge in [-0.15, -0.1) is 0 Å². The minimum atomic E-state index is -1.11.